The number of carbonyl (C=O) groups excluding carboxylic acids is 1. The molecule has 6 nitrogen and oxygen atoms in total. The molecule has 108 valence electrons. The van der Waals surface area contributed by atoms with Crippen molar-refractivity contribution in [2.75, 3.05) is 7.11 Å². The zero-order valence-electron chi connectivity index (χ0n) is 11.1. The Morgan fingerprint density at radius 3 is 2.81 bits per heavy atom. The molecule has 0 aliphatic heterocycles. The quantitative estimate of drug-likeness (QED) is 0.523. The molecule has 7 heteroatoms. The van der Waals surface area contributed by atoms with Crippen LogP contribution < -0.4 is 5.48 Å². The van der Waals surface area contributed by atoms with Gasteiger partial charge in [-0.15, -0.1) is 11.3 Å². The van der Waals surface area contributed by atoms with E-state index in [0.29, 0.717) is 5.56 Å². The number of nitro benzene ring substituents is 1. The van der Waals surface area contributed by atoms with Gasteiger partial charge in [0.15, 0.2) is 0 Å². The second kappa shape index (κ2) is 6.78. The summed E-state index contributed by atoms with van der Waals surface area (Å²) in [7, 11) is 1.35. The summed E-state index contributed by atoms with van der Waals surface area (Å²) in [6.07, 6.45) is 2.95. The van der Waals surface area contributed by atoms with Gasteiger partial charge in [-0.1, -0.05) is 12.1 Å². The van der Waals surface area contributed by atoms with Gasteiger partial charge in [-0.05, 0) is 24.3 Å². The summed E-state index contributed by atoms with van der Waals surface area (Å²) < 4.78 is 0. The molecule has 1 N–H and O–H groups in total. The molecule has 2 aromatic rings. The topological polar surface area (TPSA) is 81.5 Å². The molecule has 0 bridgehead atoms. The third-order valence-electron chi connectivity index (χ3n) is 2.59. The monoisotopic (exact) mass is 304 g/mol. The minimum absolute atomic E-state index is 0.0620. The first-order valence-electron chi connectivity index (χ1n) is 5.96. The Hall–Kier alpha value is -2.51. The standard InChI is InChI=1S/C14H12N2O4S/c1-20-15-14(17)9-7-10-6-8-13(21-10)11-4-2-3-5-12(11)16(18)19/h2-9H,1H3,(H,15,17). The Labute approximate surface area is 124 Å². The molecular formula is C14H12N2O4S. The molecular weight excluding hydrogens is 292 g/mol. The minimum atomic E-state index is -0.406. The Morgan fingerprint density at radius 2 is 2.10 bits per heavy atom. The molecule has 0 spiro atoms. The normalized spacial score (nSPS) is 10.7. The van der Waals surface area contributed by atoms with Gasteiger partial charge in [0.2, 0.25) is 0 Å². The van der Waals surface area contributed by atoms with Gasteiger partial charge in [-0.2, -0.15) is 0 Å². The first-order valence-corrected chi connectivity index (χ1v) is 6.78. The molecule has 2 rings (SSSR count). The number of hydrogen-bond donors (Lipinski definition) is 1. The number of thiophene rings is 1. The maximum atomic E-state index is 11.2. The van der Waals surface area contributed by atoms with Crippen molar-refractivity contribution in [3.63, 3.8) is 0 Å². The van der Waals surface area contributed by atoms with Crippen LogP contribution in [0.4, 0.5) is 5.69 Å². The van der Waals surface area contributed by atoms with E-state index in [1.54, 1.807) is 36.4 Å². The molecule has 1 amide bonds. The van der Waals surface area contributed by atoms with Gasteiger partial charge >= 0.3 is 0 Å². The summed E-state index contributed by atoms with van der Waals surface area (Å²) >= 11 is 1.37. The Kier molecular flexibility index (Phi) is 4.81. The molecule has 1 aromatic carbocycles. The van der Waals surface area contributed by atoms with Crippen LogP contribution in [0.15, 0.2) is 42.5 Å². The SMILES string of the molecule is CONC(=O)C=Cc1ccc(-c2ccccc2[N+](=O)[O-])s1. The first kappa shape index (κ1) is 14.9. The summed E-state index contributed by atoms with van der Waals surface area (Å²) in [4.78, 5) is 27.9. The zero-order valence-corrected chi connectivity index (χ0v) is 11.9. The van der Waals surface area contributed by atoms with Crippen LogP contribution in [-0.4, -0.2) is 17.9 Å². The molecule has 21 heavy (non-hydrogen) atoms. The van der Waals surface area contributed by atoms with Crippen molar-refractivity contribution in [3.8, 4) is 10.4 Å². The highest BCUT2D eigenvalue weighted by atomic mass is 32.1. The van der Waals surface area contributed by atoms with E-state index in [-0.39, 0.29) is 11.6 Å². The van der Waals surface area contributed by atoms with Crippen molar-refractivity contribution in [1.82, 2.24) is 5.48 Å². The van der Waals surface area contributed by atoms with Crippen LogP contribution in [0.25, 0.3) is 16.5 Å². The lowest BCUT2D eigenvalue weighted by atomic mass is 10.1. The van der Waals surface area contributed by atoms with Gasteiger partial charge in [0.1, 0.15) is 0 Å². The van der Waals surface area contributed by atoms with Crippen molar-refractivity contribution < 1.29 is 14.6 Å². The number of carbonyl (C=O) groups is 1. The van der Waals surface area contributed by atoms with Crippen LogP contribution >= 0.6 is 11.3 Å². The van der Waals surface area contributed by atoms with Gasteiger partial charge in [-0.3, -0.25) is 19.7 Å². The Bertz CT molecular complexity index is 694. The van der Waals surface area contributed by atoms with Crippen molar-refractivity contribution in [1.29, 1.82) is 0 Å². The van der Waals surface area contributed by atoms with E-state index in [0.717, 1.165) is 9.75 Å². The predicted octanol–water partition coefficient (Wildman–Crippen LogP) is 3.01. The van der Waals surface area contributed by atoms with Crippen LogP contribution in [0.2, 0.25) is 0 Å². The fraction of sp³-hybridized carbons (Fsp3) is 0.0714. The number of hydrogen-bond acceptors (Lipinski definition) is 5. The van der Waals surface area contributed by atoms with Gasteiger partial charge in [0.25, 0.3) is 11.6 Å². The second-order valence-corrected chi connectivity index (χ2v) is 5.10. The van der Waals surface area contributed by atoms with Gasteiger partial charge < -0.3 is 0 Å². The Morgan fingerprint density at radius 1 is 1.33 bits per heavy atom. The van der Waals surface area contributed by atoms with Crippen LogP contribution in [0.5, 0.6) is 0 Å². The van der Waals surface area contributed by atoms with Crippen LogP contribution in [0.1, 0.15) is 4.88 Å². The van der Waals surface area contributed by atoms with Gasteiger partial charge in [-0.25, -0.2) is 5.48 Å². The molecule has 0 radical (unpaired) electrons. The summed E-state index contributed by atoms with van der Waals surface area (Å²) in [5.41, 5.74) is 2.79. The van der Waals surface area contributed by atoms with Gasteiger partial charge in [0.05, 0.1) is 17.6 Å². The molecule has 0 atom stereocenters. The number of amides is 1. The molecule has 1 heterocycles. The average Bonchev–Trinajstić information content (AvgIpc) is 2.94. The third-order valence-corrected chi connectivity index (χ3v) is 3.68. The summed E-state index contributed by atoms with van der Waals surface area (Å²) in [6.45, 7) is 0. The van der Waals surface area contributed by atoms with Crippen molar-refractivity contribution in [2.45, 2.75) is 0 Å². The third kappa shape index (κ3) is 3.74. The molecule has 0 saturated heterocycles. The Balaban J connectivity index is 2.25. The van der Waals surface area contributed by atoms with E-state index in [9.17, 15) is 14.9 Å². The maximum absolute atomic E-state index is 11.2. The molecule has 0 fully saturated rings. The fourth-order valence-corrected chi connectivity index (χ4v) is 2.67. The first-order chi connectivity index (χ1) is 10.1. The molecule has 0 aliphatic carbocycles. The molecule has 1 aromatic heterocycles. The largest absolute Gasteiger partial charge is 0.278 e. The lowest BCUT2D eigenvalue weighted by Crippen LogP contribution is -2.18. The van der Waals surface area contributed by atoms with E-state index < -0.39 is 4.92 Å². The van der Waals surface area contributed by atoms with Crippen molar-refractivity contribution in [3.05, 3.63) is 57.5 Å². The number of hydroxylamine groups is 1. The molecule has 0 unspecified atom stereocenters. The lowest BCUT2D eigenvalue weighted by Gasteiger charge is -1.98. The number of benzene rings is 1. The van der Waals surface area contributed by atoms with E-state index in [1.165, 1.54) is 30.6 Å². The number of nitrogens with zero attached hydrogens (tertiary/aromatic N) is 1. The van der Waals surface area contributed by atoms with Crippen LogP contribution in [-0.2, 0) is 9.63 Å². The van der Waals surface area contributed by atoms with E-state index in [1.807, 2.05) is 0 Å². The highest BCUT2D eigenvalue weighted by Crippen LogP contribution is 2.34. The number of nitro groups is 1. The van der Waals surface area contributed by atoms with Crippen molar-refractivity contribution >= 4 is 29.0 Å². The fourth-order valence-electron chi connectivity index (χ4n) is 1.72. The van der Waals surface area contributed by atoms with Crippen molar-refractivity contribution in [2.24, 2.45) is 0 Å². The number of nitrogens with one attached hydrogen (secondary N) is 1. The average molecular weight is 304 g/mol. The zero-order chi connectivity index (χ0) is 15.2. The summed E-state index contributed by atoms with van der Waals surface area (Å²) in [5, 5.41) is 11.0. The van der Waals surface area contributed by atoms with Gasteiger partial charge in [0, 0.05) is 21.9 Å². The van der Waals surface area contributed by atoms with E-state index in [2.05, 4.69) is 10.3 Å². The maximum Gasteiger partial charge on any atom is 0.278 e. The highest BCUT2D eigenvalue weighted by molar-refractivity contribution is 7.16. The van der Waals surface area contributed by atoms with Crippen LogP contribution in [0, 0.1) is 10.1 Å². The number of para-hydroxylation sites is 1. The molecule has 0 saturated carbocycles. The van der Waals surface area contributed by atoms with E-state index in [4.69, 9.17) is 0 Å². The minimum Gasteiger partial charge on any atom is -0.277 e. The summed E-state index contributed by atoms with van der Waals surface area (Å²) in [6, 6.07) is 10.1. The predicted molar refractivity (Wildman–Crippen MR) is 80.6 cm³/mol. The number of rotatable bonds is 5. The summed E-state index contributed by atoms with van der Waals surface area (Å²) in [5.74, 6) is -0.377. The smallest absolute Gasteiger partial charge is 0.277 e. The van der Waals surface area contributed by atoms with E-state index >= 15 is 0 Å². The molecule has 0 aliphatic rings. The highest BCUT2D eigenvalue weighted by Gasteiger charge is 2.15. The lowest BCUT2D eigenvalue weighted by molar-refractivity contribution is -0.384. The second-order valence-electron chi connectivity index (χ2n) is 3.98. The van der Waals surface area contributed by atoms with Crippen LogP contribution in [0.3, 0.4) is 0 Å².